The number of aromatic nitrogens is 1. The molecule has 3 heterocycles. The molecule has 1 amide bonds. The lowest BCUT2D eigenvalue weighted by molar-refractivity contribution is 0.0617. The lowest BCUT2D eigenvalue weighted by atomic mass is 10.1. The van der Waals surface area contributed by atoms with E-state index in [1.165, 1.54) is 10.4 Å². The fourth-order valence-electron chi connectivity index (χ4n) is 3.59. The van der Waals surface area contributed by atoms with E-state index in [4.69, 9.17) is 9.26 Å². The number of aryl methyl sites for hydroxylation is 2. The van der Waals surface area contributed by atoms with Gasteiger partial charge in [-0.1, -0.05) is 30.3 Å². The number of rotatable bonds is 7. The van der Waals surface area contributed by atoms with E-state index in [2.05, 4.69) is 46.6 Å². The molecular formula is C23H27N3O3S. The molecule has 0 aliphatic carbocycles. The molecular weight excluding hydrogens is 398 g/mol. The second-order valence-corrected chi connectivity index (χ2v) is 8.53. The normalized spacial score (nSPS) is 14.8. The van der Waals surface area contributed by atoms with Crippen molar-refractivity contribution in [3.05, 3.63) is 69.2 Å². The maximum absolute atomic E-state index is 13.1. The lowest BCUT2D eigenvalue weighted by Crippen LogP contribution is -2.48. The van der Waals surface area contributed by atoms with Crippen LogP contribution in [0.2, 0.25) is 0 Å². The van der Waals surface area contributed by atoms with Crippen LogP contribution in [0.3, 0.4) is 0 Å². The van der Waals surface area contributed by atoms with Crippen molar-refractivity contribution in [1.29, 1.82) is 0 Å². The van der Waals surface area contributed by atoms with Crippen molar-refractivity contribution in [3.8, 4) is 5.75 Å². The molecule has 7 heteroatoms. The number of thiophene rings is 1. The number of nitrogens with zero attached hydrogens (tertiary/aromatic N) is 3. The van der Waals surface area contributed by atoms with Crippen LogP contribution in [-0.4, -0.2) is 47.0 Å². The van der Waals surface area contributed by atoms with Crippen LogP contribution < -0.4 is 4.74 Å². The molecule has 0 unspecified atom stereocenters. The van der Waals surface area contributed by atoms with Crippen molar-refractivity contribution < 1.29 is 14.1 Å². The van der Waals surface area contributed by atoms with Gasteiger partial charge in [-0.15, -0.1) is 11.3 Å². The number of hydrogen-bond acceptors (Lipinski definition) is 6. The summed E-state index contributed by atoms with van der Waals surface area (Å²) in [6.45, 7) is 8.24. The molecule has 1 saturated heterocycles. The van der Waals surface area contributed by atoms with Crippen molar-refractivity contribution >= 4 is 17.2 Å². The zero-order valence-corrected chi connectivity index (χ0v) is 18.3. The van der Waals surface area contributed by atoms with E-state index < -0.39 is 0 Å². The molecule has 1 aromatic carbocycles. The Kier molecular flexibility index (Phi) is 6.50. The third-order valence-electron chi connectivity index (χ3n) is 5.52. The van der Waals surface area contributed by atoms with Crippen molar-refractivity contribution in [2.45, 2.75) is 33.4 Å². The van der Waals surface area contributed by atoms with Crippen molar-refractivity contribution in [2.75, 3.05) is 26.2 Å². The van der Waals surface area contributed by atoms with Crippen LogP contribution in [0.15, 0.2) is 46.3 Å². The molecule has 30 heavy (non-hydrogen) atoms. The molecule has 2 aromatic heterocycles. The number of ether oxygens (including phenoxy) is 1. The van der Waals surface area contributed by atoms with Gasteiger partial charge in [-0.25, -0.2) is 0 Å². The molecule has 1 aliphatic rings. The van der Waals surface area contributed by atoms with Gasteiger partial charge >= 0.3 is 0 Å². The molecule has 1 fully saturated rings. The Morgan fingerprint density at radius 2 is 1.93 bits per heavy atom. The fraction of sp³-hybridized carbons (Fsp3) is 0.391. The van der Waals surface area contributed by atoms with Crippen LogP contribution >= 0.6 is 11.3 Å². The van der Waals surface area contributed by atoms with E-state index in [0.29, 0.717) is 24.5 Å². The van der Waals surface area contributed by atoms with Gasteiger partial charge in [-0.05, 0) is 42.5 Å². The summed E-state index contributed by atoms with van der Waals surface area (Å²) in [7, 11) is 0. The molecule has 6 nitrogen and oxygen atoms in total. The topological polar surface area (TPSA) is 58.8 Å². The quantitative estimate of drug-likeness (QED) is 0.569. The first-order valence-corrected chi connectivity index (χ1v) is 11.2. The number of amides is 1. The molecule has 0 saturated carbocycles. The van der Waals surface area contributed by atoms with E-state index in [9.17, 15) is 4.79 Å². The van der Waals surface area contributed by atoms with Gasteiger partial charge in [0, 0.05) is 37.6 Å². The summed E-state index contributed by atoms with van der Waals surface area (Å²) >= 11 is 1.77. The van der Waals surface area contributed by atoms with Gasteiger partial charge in [-0.3, -0.25) is 9.69 Å². The highest BCUT2D eigenvalue weighted by atomic mass is 32.1. The van der Waals surface area contributed by atoms with E-state index >= 15 is 0 Å². The predicted molar refractivity (Wildman–Crippen MR) is 117 cm³/mol. The van der Waals surface area contributed by atoms with Gasteiger partial charge in [0.05, 0.1) is 5.56 Å². The van der Waals surface area contributed by atoms with Gasteiger partial charge in [0.2, 0.25) is 0 Å². The van der Waals surface area contributed by atoms with Gasteiger partial charge in [0.15, 0.2) is 5.69 Å². The molecule has 0 spiro atoms. The first kappa shape index (κ1) is 20.6. The van der Waals surface area contributed by atoms with Crippen LogP contribution in [-0.2, 0) is 19.6 Å². The third kappa shape index (κ3) is 4.74. The summed E-state index contributed by atoms with van der Waals surface area (Å²) in [4.78, 5) is 18.7. The minimum Gasteiger partial charge on any atom is -0.489 e. The Bertz CT molecular complexity index is 958. The summed E-state index contributed by atoms with van der Waals surface area (Å²) in [5.74, 6) is 1.32. The Labute approximate surface area is 181 Å². The average Bonchev–Trinajstić information content (AvgIpc) is 3.42. The molecule has 158 valence electrons. The van der Waals surface area contributed by atoms with E-state index in [1.54, 1.807) is 11.3 Å². The van der Waals surface area contributed by atoms with Crippen LogP contribution in [0.25, 0.3) is 0 Å². The van der Waals surface area contributed by atoms with E-state index in [1.807, 2.05) is 24.0 Å². The van der Waals surface area contributed by atoms with Crippen molar-refractivity contribution in [2.24, 2.45) is 0 Å². The van der Waals surface area contributed by atoms with Gasteiger partial charge < -0.3 is 14.2 Å². The van der Waals surface area contributed by atoms with Crippen LogP contribution in [0.4, 0.5) is 0 Å². The lowest BCUT2D eigenvalue weighted by Gasteiger charge is -2.34. The minimum atomic E-state index is -0.0810. The van der Waals surface area contributed by atoms with Gasteiger partial charge in [-0.2, -0.15) is 0 Å². The number of benzene rings is 1. The zero-order valence-electron chi connectivity index (χ0n) is 17.5. The standard InChI is InChI=1S/C23H27N3O3S/c1-3-18-6-8-19(9-7-18)28-16-21-17(2)29-24-22(21)23(27)26-12-10-25(11-13-26)15-20-5-4-14-30-20/h4-9,14H,3,10-13,15-16H2,1-2H3. The first-order valence-electron chi connectivity index (χ1n) is 10.3. The molecule has 3 aromatic rings. The highest BCUT2D eigenvalue weighted by Crippen LogP contribution is 2.21. The summed E-state index contributed by atoms with van der Waals surface area (Å²) in [6, 6.07) is 12.2. The first-order chi connectivity index (χ1) is 14.6. The summed E-state index contributed by atoms with van der Waals surface area (Å²) in [6.07, 6.45) is 0.990. The highest BCUT2D eigenvalue weighted by Gasteiger charge is 2.28. The Balaban J connectivity index is 1.36. The van der Waals surface area contributed by atoms with Gasteiger partial charge in [0.25, 0.3) is 5.91 Å². The second kappa shape index (κ2) is 9.45. The monoisotopic (exact) mass is 425 g/mol. The highest BCUT2D eigenvalue weighted by molar-refractivity contribution is 7.09. The smallest absolute Gasteiger partial charge is 0.276 e. The molecule has 0 N–H and O–H groups in total. The third-order valence-corrected chi connectivity index (χ3v) is 6.38. The summed E-state index contributed by atoms with van der Waals surface area (Å²) in [5.41, 5.74) is 2.35. The van der Waals surface area contributed by atoms with Crippen LogP contribution in [0.5, 0.6) is 5.75 Å². The SMILES string of the molecule is CCc1ccc(OCc2c(C(=O)N3CCN(Cc4cccs4)CC3)noc2C)cc1. The van der Waals surface area contributed by atoms with Crippen LogP contribution in [0, 0.1) is 6.92 Å². The number of carbonyl (C=O) groups is 1. The maximum Gasteiger partial charge on any atom is 0.276 e. The minimum absolute atomic E-state index is 0.0810. The van der Waals surface area contributed by atoms with Crippen LogP contribution in [0.1, 0.15) is 39.2 Å². The van der Waals surface area contributed by atoms with Crippen molar-refractivity contribution in [3.63, 3.8) is 0 Å². The fourth-order valence-corrected chi connectivity index (χ4v) is 4.33. The van der Waals surface area contributed by atoms with E-state index in [0.717, 1.165) is 37.4 Å². The zero-order chi connectivity index (χ0) is 20.9. The number of hydrogen-bond donors (Lipinski definition) is 0. The Hall–Kier alpha value is -2.64. The molecule has 4 rings (SSSR count). The Morgan fingerprint density at radius 1 is 1.17 bits per heavy atom. The molecule has 0 radical (unpaired) electrons. The Morgan fingerprint density at radius 3 is 2.60 bits per heavy atom. The second-order valence-electron chi connectivity index (χ2n) is 7.50. The number of piperazine rings is 1. The molecule has 0 bridgehead atoms. The molecule has 0 atom stereocenters. The number of carbonyl (C=O) groups excluding carboxylic acids is 1. The molecule has 1 aliphatic heterocycles. The summed E-state index contributed by atoms with van der Waals surface area (Å²) in [5, 5.41) is 6.15. The largest absolute Gasteiger partial charge is 0.489 e. The van der Waals surface area contributed by atoms with Gasteiger partial charge in [0.1, 0.15) is 18.1 Å². The maximum atomic E-state index is 13.1. The average molecular weight is 426 g/mol. The van der Waals surface area contributed by atoms with E-state index in [-0.39, 0.29) is 12.5 Å². The van der Waals surface area contributed by atoms with Crippen molar-refractivity contribution in [1.82, 2.24) is 15.0 Å². The summed E-state index contributed by atoms with van der Waals surface area (Å²) < 4.78 is 11.2. The predicted octanol–water partition coefficient (Wildman–Crippen LogP) is 4.14.